The fourth-order valence-electron chi connectivity index (χ4n) is 6.81. The number of carbonyl (C=O) groups is 1. The number of hydrogen-bond acceptors (Lipinski definition) is 2. The number of terminal acetylenes is 1. The second-order valence-electron chi connectivity index (χ2n) is 8.38. The lowest BCUT2D eigenvalue weighted by Gasteiger charge is -2.54. The molecule has 4 aliphatic rings. The van der Waals surface area contributed by atoms with Gasteiger partial charge in [0.2, 0.25) is 0 Å². The van der Waals surface area contributed by atoms with Crippen LogP contribution in [0.4, 0.5) is 0 Å². The highest BCUT2D eigenvalue weighted by Crippen LogP contribution is 2.64. The van der Waals surface area contributed by atoms with Crippen molar-refractivity contribution in [3.63, 3.8) is 0 Å². The minimum Gasteiger partial charge on any atom is -0.391 e. The maximum absolute atomic E-state index is 11.8. The maximum Gasteiger partial charge on any atom is 0.155 e. The van der Waals surface area contributed by atoms with Crippen molar-refractivity contribution in [2.24, 2.45) is 35.0 Å². The molecule has 23 heavy (non-hydrogen) atoms. The van der Waals surface area contributed by atoms with Gasteiger partial charge in [0.25, 0.3) is 0 Å². The van der Waals surface area contributed by atoms with Gasteiger partial charge in [0, 0.05) is 17.8 Å². The summed E-state index contributed by atoms with van der Waals surface area (Å²) in [6, 6.07) is 0. The smallest absolute Gasteiger partial charge is 0.155 e. The summed E-state index contributed by atoms with van der Waals surface area (Å²) in [6.07, 6.45) is 15.8. The lowest BCUT2D eigenvalue weighted by Crippen LogP contribution is -2.49. The van der Waals surface area contributed by atoms with Crippen molar-refractivity contribution in [1.29, 1.82) is 0 Å². The first-order chi connectivity index (χ1) is 11.1. The van der Waals surface area contributed by atoms with Gasteiger partial charge in [0.1, 0.15) is 0 Å². The number of ketones is 1. The molecule has 1 N–H and O–H groups in total. The van der Waals surface area contributed by atoms with Crippen LogP contribution < -0.4 is 0 Å². The van der Waals surface area contributed by atoms with Gasteiger partial charge in [-0.1, -0.05) is 12.5 Å². The summed E-state index contributed by atoms with van der Waals surface area (Å²) in [5, 5.41) is 10.9. The van der Waals surface area contributed by atoms with Gasteiger partial charge in [-0.05, 0) is 74.7 Å². The molecule has 0 aromatic heterocycles. The van der Waals surface area contributed by atoms with E-state index in [0.717, 1.165) is 44.4 Å². The SMILES string of the molecule is C#C[C@@H]1C[C@@H]2[C@@H]3CCC4=CC(=O)CC[C@@H]4[C@@H]3CC[C@@]2(CC)[C@H]1O. The third-order valence-corrected chi connectivity index (χ3v) is 7.91. The van der Waals surface area contributed by atoms with Crippen molar-refractivity contribution >= 4 is 5.78 Å². The molecule has 4 rings (SSSR count). The summed E-state index contributed by atoms with van der Waals surface area (Å²) in [7, 11) is 0. The van der Waals surface area contributed by atoms with E-state index in [1.807, 2.05) is 6.08 Å². The number of carbonyl (C=O) groups excluding carboxylic acids is 1. The van der Waals surface area contributed by atoms with Crippen LogP contribution in [0.2, 0.25) is 0 Å². The predicted octanol–water partition coefficient (Wildman–Crippen LogP) is 3.74. The van der Waals surface area contributed by atoms with Gasteiger partial charge in [0.05, 0.1) is 6.10 Å². The Balaban J connectivity index is 1.66. The zero-order valence-corrected chi connectivity index (χ0v) is 14.1. The van der Waals surface area contributed by atoms with Crippen molar-refractivity contribution in [2.75, 3.05) is 0 Å². The number of fused-ring (bicyclic) bond motifs is 5. The summed E-state index contributed by atoms with van der Waals surface area (Å²) in [5.74, 6) is 5.89. The average Bonchev–Trinajstić information content (AvgIpc) is 2.87. The number of aliphatic hydroxyl groups excluding tert-OH is 1. The Bertz CT molecular complexity index is 583. The summed E-state index contributed by atoms with van der Waals surface area (Å²) >= 11 is 0. The molecule has 0 saturated heterocycles. The molecule has 3 fully saturated rings. The van der Waals surface area contributed by atoms with Crippen LogP contribution in [0.25, 0.3) is 0 Å². The van der Waals surface area contributed by atoms with Crippen molar-refractivity contribution in [2.45, 2.75) is 64.4 Å². The first-order valence-corrected chi connectivity index (χ1v) is 9.48. The molecule has 0 aromatic carbocycles. The highest BCUT2D eigenvalue weighted by atomic mass is 16.3. The molecule has 4 aliphatic carbocycles. The zero-order chi connectivity index (χ0) is 16.2. The van der Waals surface area contributed by atoms with E-state index in [-0.39, 0.29) is 17.4 Å². The first-order valence-electron chi connectivity index (χ1n) is 9.48. The van der Waals surface area contributed by atoms with Crippen molar-refractivity contribution in [1.82, 2.24) is 0 Å². The van der Waals surface area contributed by atoms with Gasteiger partial charge < -0.3 is 5.11 Å². The van der Waals surface area contributed by atoms with E-state index < -0.39 is 0 Å². The number of allylic oxidation sites excluding steroid dienone is 1. The van der Waals surface area contributed by atoms with Crippen LogP contribution in [0, 0.1) is 47.3 Å². The second kappa shape index (κ2) is 5.49. The summed E-state index contributed by atoms with van der Waals surface area (Å²) in [5.41, 5.74) is 1.49. The molecule has 0 aliphatic heterocycles. The second-order valence-corrected chi connectivity index (χ2v) is 8.38. The Hall–Kier alpha value is -1.07. The molecular weight excluding hydrogens is 284 g/mol. The van der Waals surface area contributed by atoms with Crippen LogP contribution in [-0.4, -0.2) is 17.0 Å². The first kappa shape index (κ1) is 15.5. The average molecular weight is 312 g/mol. The van der Waals surface area contributed by atoms with Crippen LogP contribution in [0.15, 0.2) is 11.6 Å². The molecule has 0 amide bonds. The van der Waals surface area contributed by atoms with E-state index in [2.05, 4.69) is 12.8 Å². The molecule has 2 nitrogen and oxygen atoms in total. The highest BCUT2D eigenvalue weighted by Gasteiger charge is 2.60. The van der Waals surface area contributed by atoms with Crippen LogP contribution >= 0.6 is 0 Å². The van der Waals surface area contributed by atoms with Crippen LogP contribution in [-0.2, 0) is 4.79 Å². The summed E-state index contributed by atoms with van der Waals surface area (Å²) < 4.78 is 0. The van der Waals surface area contributed by atoms with Gasteiger partial charge >= 0.3 is 0 Å². The fraction of sp³-hybridized carbons (Fsp3) is 0.762. The Morgan fingerprint density at radius 1 is 1.30 bits per heavy atom. The van der Waals surface area contributed by atoms with Crippen molar-refractivity contribution in [3.05, 3.63) is 11.6 Å². The number of rotatable bonds is 1. The third kappa shape index (κ3) is 2.09. The number of aliphatic hydroxyl groups is 1. The molecule has 7 atom stereocenters. The molecule has 0 unspecified atom stereocenters. The zero-order valence-electron chi connectivity index (χ0n) is 14.1. The third-order valence-electron chi connectivity index (χ3n) is 7.91. The predicted molar refractivity (Wildman–Crippen MR) is 90.4 cm³/mol. The lowest BCUT2D eigenvalue weighted by molar-refractivity contribution is -0.116. The molecule has 0 heterocycles. The molecule has 3 saturated carbocycles. The molecule has 124 valence electrons. The van der Waals surface area contributed by atoms with Crippen molar-refractivity contribution < 1.29 is 9.90 Å². The number of hydrogen-bond donors (Lipinski definition) is 1. The van der Waals surface area contributed by atoms with Gasteiger partial charge in [-0.15, -0.1) is 12.3 Å². The van der Waals surface area contributed by atoms with E-state index in [1.54, 1.807) is 0 Å². The van der Waals surface area contributed by atoms with E-state index in [1.165, 1.54) is 18.4 Å². The van der Waals surface area contributed by atoms with Gasteiger partial charge in [0.15, 0.2) is 5.78 Å². The minimum absolute atomic E-state index is 0.0450. The van der Waals surface area contributed by atoms with E-state index in [9.17, 15) is 9.90 Å². The minimum atomic E-state index is -0.312. The maximum atomic E-state index is 11.8. The Labute approximate surface area is 139 Å². The quantitative estimate of drug-likeness (QED) is 0.749. The standard InChI is InChI=1S/C21H28O2/c1-3-13-12-19-18-7-5-14-11-15(22)6-8-16(14)17(18)9-10-21(19,4-2)20(13)23/h1,11,13,16-20,23H,4-10,12H2,2H3/t13-,16+,17+,18-,19-,20+,21-/m1/s1. The summed E-state index contributed by atoms with van der Waals surface area (Å²) in [6.45, 7) is 2.24. The largest absolute Gasteiger partial charge is 0.391 e. The van der Waals surface area contributed by atoms with Crippen LogP contribution in [0.3, 0.4) is 0 Å². The molecule has 0 bridgehead atoms. The monoisotopic (exact) mass is 312 g/mol. The van der Waals surface area contributed by atoms with E-state index >= 15 is 0 Å². The van der Waals surface area contributed by atoms with Gasteiger partial charge in [-0.2, -0.15) is 0 Å². The van der Waals surface area contributed by atoms with Gasteiger partial charge in [-0.25, -0.2) is 0 Å². The molecule has 0 radical (unpaired) electrons. The molecule has 0 aromatic rings. The van der Waals surface area contributed by atoms with Crippen LogP contribution in [0.5, 0.6) is 0 Å². The molecular formula is C21H28O2. The van der Waals surface area contributed by atoms with Crippen LogP contribution in [0.1, 0.15) is 58.3 Å². The highest BCUT2D eigenvalue weighted by molar-refractivity contribution is 5.91. The summed E-state index contributed by atoms with van der Waals surface area (Å²) in [4.78, 5) is 11.8. The topological polar surface area (TPSA) is 37.3 Å². The Kier molecular flexibility index (Phi) is 3.69. The van der Waals surface area contributed by atoms with E-state index in [0.29, 0.717) is 23.5 Å². The molecule has 2 heteroatoms. The fourth-order valence-corrected chi connectivity index (χ4v) is 6.81. The normalized spacial score (nSPS) is 48.7. The lowest BCUT2D eigenvalue weighted by atomic mass is 9.51. The Morgan fingerprint density at radius 3 is 2.87 bits per heavy atom. The Morgan fingerprint density at radius 2 is 2.13 bits per heavy atom. The van der Waals surface area contributed by atoms with Crippen molar-refractivity contribution in [3.8, 4) is 12.3 Å². The van der Waals surface area contributed by atoms with E-state index in [4.69, 9.17) is 6.42 Å². The van der Waals surface area contributed by atoms with Gasteiger partial charge in [-0.3, -0.25) is 4.79 Å². The molecule has 0 spiro atoms.